The van der Waals surface area contributed by atoms with E-state index in [9.17, 15) is 40.2 Å². The zero-order valence-corrected chi connectivity index (χ0v) is 30.2. The molecule has 6 N–H and O–H groups in total. The number of hydrogen-bond acceptors (Lipinski definition) is 12. The SMILES string of the molecule is CCC(C)C(=O)O[C@H]1CC[C@@]2(C)[C@@H]3C[C@@H](O)[C@H]4[C@@]5(O)[C@@H](C[C@@]42O[C@@]13O)[C@@H]1CN2C[C@@H](C)CC[C@H]2[C@@](C)(O)[C@H]1[C@@H](O)[C@@H]5OC(=O)C(C)(O)CC. The Balaban J connectivity index is 1.36. The highest BCUT2D eigenvalue weighted by atomic mass is 16.7. The zero-order chi connectivity index (χ0) is 35.9. The van der Waals surface area contributed by atoms with Crippen LogP contribution in [-0.2, 0) is 23.8 Å². The van der Waals surface area contributed by atoms with Crippen molar-refractivity contribution >= 4 is 11.9 Å². The van der Waals surface area contributed by atoms with Gasteiger partial charge in [0, 0.05) is 42.3 Å². The summed E-state index contributed by atoms with van der Waals surface area (Å²) in [6, 6.07) is -0.251. The highest BCUT2D eigenvalue weighted by Crippen LogP contribution is 2.77. The molecule has 12 heteroatoms. The summed E-state index contributed by atoms with van der Waals surface area (Å²) in [5.41, 5.74) is -7.49. The van der Waals surface area contributed by atoms with E-state index in [1.807, 2.05) is 13.8 Å². The first kappa shape index (κ1) is 36.0. The van der Waals surface area contributed by atoms with E-state index in [1.54, 1.807) is 20.8 Å². The lowest BCUT2D eigenvalue weighted by Gasteiger charge is -2.64. The minimum absolute atomic E-state index is 0.0259. The first-order valence-electron chi connectivity index (χ1n) is 18.9. The highest BCUT2D eigenvalue weighted by Gasteiger charge is 2.87. The van der Waals surface area contributed by atoms with Gasteiger partial charge >= 0.3 is 11.9 Å². The first-order chi connectivity index (χ1) is 22.7. The highest BCUT2D eigenvalue weighted by molar-refractivity contribution is 5.79. The average molecular weight is 694 g/mol. The van der Waals surface area contributed by atoms with Gasteiger partial charge < -0.3 is 44.8 Å². The molecule has 0 aromatic carbocycles. The van der Waals surface area contributed by atoms with Gasteiger partial charge in [0.15, 0.2) is 17.8 Å². The molecular formula is C37H59NO11. The van der Waals surface area contributed by atoms with Crippen molar-refractivity contribution in [2.45, 2.75) is 158 Å². The number of piperidine rings is 2. The molecule has 4 bridgehead atoms. The molecule has 4 saturated carbocycles. The van der Waals surface area contributed by atoms with Crippen LogP contribution in [-0.4, -0.2) is 119 Å². The van der Waals surface area contributed by atoms with Crippen LogP contribution in [0.1, 0.15) is 99.8 Å². The Bertz CT molecular complexity index is 1360. The van der Waals surface area contributed by atoms with Crippen molar-refractivity contribution in [3.63, 3.8) is 0 Å². The number of ether oxygens (including phenoxy) is 3. The van der Waals surface area contributed by atoms with Gasteiger partial charge in [-0.3, -0.25) is 9.69 Å². The fourth-order valence-corrected chi connectivity index (χ4v) is 12.5. The monoisotopic (exact) mass is 693 g/mol. The van der Waals surface area contributed by atoms with E-state index in [0.717, 1.165) is 19.4 Å². The van der Waals surface area contributed by atoms with Gasteiger partial charge in [0.2, 0.25) is 5.79 Å². The molecule has 0 amide bonds. The van der Waals surface area contributed by atoms with Gasteiger partial charge in [0.05, 0.1) is 29.3 Å². The maximum Gasteiger partial charge on any atom is 0.338 e. The van der Waals surface area contributed by atoms with E-state index in [-0.39, 0.29) is 31.2 Å². The van der Waals surface area contributed by atoms with Crippen molar-refractivity contribution < 1.29 is 54.4 Å². The van der Waals surface area contributed by atoms with E-state index in [4.69, 9.17) is 14.2 Å². The van der Waals surface area contributed by atoms with Gasteiger partial charge in [0.25, 0.3) is 0 Å². The molecule has 0 aromatic rings. The number of rotatable bonds is 6. The Morgan fingerprint density at radius 3 is 2.41 bits per heavy atom. The first-order valence-corrected chi connectivity index (χ1v) is 18.9. The molecule has 0 radical (unpaired) electrons. The lowest BCUT2D eigenvalue weighted by atomic mass is 9.49. The van der Waals surface area contributed by atoms with E-state index >= 15 is 0 Å². The molecule has 18 atom stereocenters. The summed E-state index contributed by atoms with van der Waals surface area (Å²) in [7, 11) is 0. The molecule has 7 rings (SSSR count). The summed E-state index contributed by atoms with van der Waals surface area (Å²) in [6.07, 6.45) is -2.08. The second-order valence-electron chi connectivity index (χ2n) is 18.0. The quantitative estimate of drug-likeness (QED) is 0.221. The number of fused-ring (bicyclic) bond motifs is 5. The Morgan fingerprint density at radius 2 is 1.76 bits per heavy atom. The van der Waals surface area contributed by atoms with Crippen LogP contribution in [0.2, 0.25) is 0 Å². The summed E-state index contributed by atoms with van der Waals surface area (Å²) in [5, 5.41) is 73.7. The van der Waals surface area contributed by atoms with Crippen molar-refractivity contribution in [2.75, 3.05) is 13.1 Å². The molecule has 3 aliphatic heterocycles. The molecule has 4 aliphatic carbocycles. The van der Waals surface area contributed by atoms with Crippen LogP contribution in [0.15, 0.2) is 0 Å². The lowest BCUT2D eigenvalue weighted by Crippen LogP contribution is -2.77. The van der Waals surface area contributed by atoms with Gasteiger partial charge in [-0.25, -0.2) is 4.79 Å². The number of nitrogens with zero attached hydrogens (tertiary/aromatic N) is 1. The molecule has 12 nitrogen and oxygen atoms in total. The number of aliphatic hydroxyl groups excluding tert-OH is 2. The topological polar surface area (TPSA) is 186 Å². The van der Waals surface area contributed by atoms with Gasteiger partial charge in [-0.2, -0.15) is 0 Å². The normalized spacial score (nSPS) is 54.8. The average Bonchev–Trinajstić information content (AvgIpc) is 3.31. The van der Waals surface area contributed by atoms with Crippen molar-refractivity contribution in [3.8, 4) is 0 Å². The maximum atomic E-state index is 13.6. The Hall–Kier alpha value is -1.38. The van der Waals surface area contributed by atoms with Crippen LogP contribution in [0.5, 0.6) is 0 Å². The number of hydrogen-bond donors (Lipinski definition) is 6. The fraction of sp³-hybridized carbons (Fsp3) is 0.946. The molecule has 1 spiro atoms. The van der Waals surface area contributed by atoms with Gasteiger partial charge in [-0.05, 0) is 83.0 Å². The second kappa shape index (κ2) is 11.3. The summed E-state index contributed by atoms with van der Waals surface area (Å²) in [4.78, 5) is 28.9. The lowest BCUT2D eigenvalue weighted by molar-refractivity contribution is -0.301. The second-order valence-corrected chi connectivity index (χ2v) is 18.0. The molecule has 49 heavy (non-hydrogen) atoms. The zero-order valence-electron chi connectivity index (χ0n) is 30.2. The van der Waals surface area contributed by atoms with Crippen molar-refractivity contribution in [1.29, 1.82) is 0 Å². The minimum Gasteiger partial charge on any atom is -0.456 e. The minimum atomic E-state index is -2.05. The van der Waals surface area contributed by atoms with Gasteiger partial charge in [-0.15, -0.1) is 0 Å². The van der Waals surface area contributed by atoms with Crippen LogP contribution in [0, 0.1) is 46.8 Å². The maximum absolute atomic E-state index is 13.6. The Labute approximate surface area is 289 Å². The van der Waals surface area contributed by atoms with Gasteiger partial charge in [-0.1, -0.05) is 34.6 Å². The van der Waals surface area contributed by atoms with Crippen LogP contribution in [0.3, 0.4) is 0 Å². The number of esters is 2. The number of carbonyl (C=O) groups is 2. The smallest absolute Gasteiger partial charge is 0.338 e. The predicted octanol–water partition coefficient (Wildman–Crippen LogP) is 1.49. The summed E-state index contributed by atoms with van der Waals surface area (Å²) < 4.78 is 18.9. The molecule has 3 heterocycles. The molecule has 7 aliphatic rings. The van der Waals surface area contributed by atoms with Crippen molar-refractivity contribution in [2.24, 2.45) is 46.8 Å². The van der Waals surface area contributed by atoms with E-state index < -0.39 is 99.6 Å². The molecule has 278 valence electrons. The fourth-order valence-electron chi connectivity index (χ4n) is 12.5. The largest absolute Gasteiger partial charge is 0.456 e. The van der Waals surface area contributed by atoms with E-state index in [1.165, 1.54) is 6.92 Å². The molecule has 7 fully saturated rings. The predicted molar refractivity (Wildman–Crippen MR) is 174 cm³/mol. The third kappa shape index (κ3) is 4.56. The molecule has 2 unspecified atom stereocenters. The third-order valence-electron chi connectivity index (χ3n) is 15.4. The van der Waals surface area contributed by atoms with Gasteiger partial charge in [0.1, 0.15) is 5.60 Å². The van der Waals surface area contributed by atoms with E-state index in [0.29, 0.717) is 31.7 Å². The molecule has 0 aromatic heterocycles. The van der Waals surface area contributed by atoms with Crippen molar-refractivity contribution in [3.05, 3.63) is 0 Å². The van der Waals surface area contributed by atoms with Crippen molar-refractivity contribution in [1.82, 2.24) is 4.90 Å². The summed E-state index contributed by atoms with van der Waals surface area (Å²) in [6.45, 7) is 13.8. The molecule has 3 saturated heterocycles. The Kier molecular flexibility index (Phi) is 8.31. The van der Waals surface area contributed by atoms with E-state index in [2.05, 4.69) is 11.8 Å². The summed E-state index contributed by atoms with van der Waals surface area (Å²) >= 11 is 0. The standard InChI is InChI=1S/C37H59NO11/c1-8-19(4)30(41)47-25-12-13-32(5)23-14-22(39)28-35(32,49-37(23,25)46)15-21-20-17-38-16-18(3)10-11-24(38)34(7,44)26(20)27(40)29(36(21,28)45)48-31(42)33(6,43)9-2/h18-29,39-40,43-46H,8-17H2,1-7H3/t18-,19?,20-,21-,22+,23-,24-,25-,26+,27+,28+,29-,32-,33?,34+,35+,36-,37+/m0/s1. The van der Waals surface area contributed by atoms with Crippen LogP contribution < -0.4 is 0 Å². The number of carbonyl (C=O) groups excluding carboxylic acids is 2. The van der Waals surface area contributed by atoms with Crippen LogP contribution in [0.4, 0.5) is 0 Å². The van der Waals surface area contributed by atoms with Crippen LogP contribution >= 0.6 is 0 Å². The van der Waals surface area contributed by atoms with Crippen LogP contribution in [0.25, 0.3) is 0 Å². The third-order valence-corrected chi connectivity index (χ3v) is 15.4. The number of aliphatic hydroxyl groups is 6. The summed E-state index contributed by atoms with van der Waals surface area (Å²) in [5.74, 6) is -7.09. The molecular weight excluding hydrogens is 634 g/mol. The Morgan fingerprint density at radius 1 is 1.06 bits per heavy atom.